The zero-order valence-corrected chi connectivity index (χ0v) is 14.9. The number of alkyl halides is 1. The Morgan fingerprint density at radius 3 is 2.64 bits per heavy atom. The molecule has 0 radical (unpaired) electrons. The van der Waals surface area contributed by atoms with Crippen LogP contribution in [0, 0.1) is 0 Å². The molecule has 7 heteroatoms. The van der Waals surface area contributed by atoms with Crippen molar-refractivity contribution >= 4 is 11.8 Å². The Balaban J connectivity index is 1.79. The maximum Gasteiger partial charge on any atom is 0.410 e. The Hall–Kier alpha value is -2.31. The standard InChI is InChI=1S/C18H25FN4O2/c1-17(2,3)25-16(24)22-11-18(19,12-22)15(13-7-5-4-6-8-13)23-10-14(20)9-21-23/h5,7-10,15H,4,6,11-12,20H2,1-3H3. The van der Waals surface area contributed by atoms with Crippen LogP contribution in [0.15, 0.2) is 36.2 Å². The first kappa shape index (κ1) is 17.5. The van der Waals surface area contributed by atoms with Crippen LogP contribution in [0.2, 0.25) is 0 Å². The van der Waals surface area contributed by atoms with E-state index in [1.807, 2.05) is 18.2 Å². The minimum absolute atomic E-state index is 0.0302. The van der Waals surface area contributed by atoms with Crippen molar-refractivity contribution in [3.63, 3.8) is 0 Å². The number of halogens is 1. The summed E-state index contributed by atoms with van der Waals surface area (Å²) in [5.74, 6) is 0. The summed E-state index contributed by atoms with van der Waals surface area (Å²) in [4.78, 5) is 13.5. The van der Waals surface area contributed by atoms with Crippen molar-refractivity contribution < 1.29 is 13.9 Å². The number of nitrogen functional groups attached to an aromatic ring is 1. The van der Waals surface area contributed by atoms with Gasteiger partial charge in [-0.1, -0.05) is 18.2 Å². The summed E-state index contributed by atoms with van der Waals surface area (Å²) in [6.45, 7) is 5.32. The van der Waals surface area contributed by atoms with Crippen LogP contribution in [-0.2, 0) is 4.74 Å². The molecule has 0 aromatic carbocycles. The summed E-state index contributed by atoms with van der Waals surface area (Å²) in [5.41, 5.74) is 4.90. The molecule has 1 aliphatic carbocycles. The lowest BCUT2D eigenvalue weighted by Gasteiger charge is -2.48. The third kappa shape index (κ3) is 3.70. The van der Waals surface area contributed by atoms with Crippen molar-refractivity contribution in [2.75, 3.05) is 18.8 Å². The number of carbonyl (C=O) groups is 1. The van der Waals surface area contributed by atoms with Gasteiger partial charge >= 0.3 is 6.09 Å². The van der Waals surface area contributed by atoms with Crippen LogP contribution in [0.1, 0.15) is 39.7 Å². The predicted molar refractivity (Wildman–Crippen MR) is 93.8 cm³/mol. The fraction of sp³-hybridized carbons (Fsp3) is 0.556. The first-order chi connectivity index (χ1) is 11.7. The molecule has 1 atom stereocenters. The molecule has 0 bridgehead atoms. The van der Waals surface area contributed by atoms with Gasteiger partial charge in [0.1, 0.15) is 11.6 Å². The topological polar surface area (TPSA) is 73.4 Å². The summed E-state index contributed by atoms with van der Waals surface area (Å²) in [7, 11) is 0. The van der Waals surface area contributed by atoms with Gasteiger partial charge in [-0.25, -0.2) is 9.18 Å². The van der Waals surface area contributed by atoms with Gasteiger partial charge in [-0.3, -0.25) is 4.68 Å². The SMILES string of the molecule is CC(C)(C)OC(=O)N1CC(F)(C(C2=CCCC=C2)n2cc(N)cn2)C1. The number of allylic oxidation sites excluding steroid dienone is 4. The first-order valence-corrected chi connectivity index (χ1v) is 8.51. The van der Waals surface area contributed by atoms with Gasteiger partial charge in [0.2, 0.25) is 0 Å². The summed E-state index contributed by atoms with van der Waals surface area (Å²) < 4.78 is 22.5. The monoisotopic (exact) mass is 348 g/mol. The average molecular weight is 348 g/mol. The van der Waals surface area contributed by atoms with Crippen LogP contribution in [-0.4, -0.2) is 45.1 Å². The molecule has 25 heavy (non-hydrogen) atoms. The molecule has 0 saturated carbocycles. The predicted octanol–water partition coefficient (Wildman–Crippen LogP) is 3.24. The Morgan fingerprint density at radius 1 is 1.40 bits per heavy atom. The molecule has 6 nitrogen and oxygen atoms in total. The molecule has 1 aliphatic heterocycles. The lowest BCUT2D eigenvalue weighted by atomic mass is 9.82. The highest BCUT2D eigenvalue weighted by Crippen LogP contribution is 2.42. The second-order valence-corrected chi connectivity index (χ2v) is 7.71. The maximum atomic E-state index is 15.7. The number of hydrogen-bond acceptors (Lipinski definition) is 4. The number of rotatable bonds is 3. The van der Waals surface area contributed by atoms with Crippen molar-refractivity contribution in [3.05, 3.63) is 36.2 Å². The van der Waals surface area contributed by atoms with Gasteiger partial charge in [-0.2, -0.15) is 5.10 Å². The van der Waals surface area contributed by atoms with Crippen LogP contribution in [0.25, 0.3) is 0 Å². The molecule has 1 amide bonds. The van der Waals surface area contributed by atoms with Crippen molar-refractivity contribution in [2.24, 2.45) is 0 Å². The van der Waals surface area contributed by atoms with Gasteiger partial charge in [-0.05, 0) is 39.2 Å². The molecule has 2 heterocycles. The fourth-order valence-corrected chi connectivity index (χ4v) is 3.24. The molecular weight excluding hydrogens is 323 g/mol. The highest BCUT2D eigenvalue weighted by atomic mass is 19.1. The zero-order chi connectivity index (χ0) is 18.2. The number of nitrogens with zero attached hydrogens (tertiary/aromatic N) is 3. The minimum atomic E-state index is -1.61. The molecule has 1 unspecified atom stereocenters. The summed E-state index contributed by atoms with van der Waals surface area (Å²) >= 11 is 0. The van der Waals surface area contributed by atoms with E-state index >= 15 is 4.39 Å². The van der Waals surface area contributed by atoms with Gasteiger partial charge in [0.15, 0.2) is 5.67 Å². The molecule has 1 saturated heterocycles. The third-order valence-electron chi connectivity index (χ3n) is 4.27. The van der Waals surface area contributed by atoms with Gasteiger partial charge in [0.05, 0.1) is 25.0 Å². The Labute approximate surface area is 147 Å². The first-order valence-electron chi connectivity index (χ1n) is 8.51. The number of carbonyl (C=O) groups excluding carboxylic acids is 1. The van der Waals surface area contributed by atoms with E-state index in [9.17, 15) is 4.79 Å². The molecule has 136 valence electrons. The zero-order valence-electron chi connectivity index (χ0n) is 14.9. The van der Waals surface area contributed by atoms with E-state index in [1.165, 1.54) is 11.1 Å². The second kappa shape index (κ2) is 6.20. The van der Waals surface area contributed by atoms with E-state index in [0.29, 0.717) is 5.69 Å². The largest absolute Gasteiger partial charge is 0.444 e. The van der Waals surface area contributed by atoms with Crippen LogP contribution in [0.3, 0.4) is 0 Å². The lowest BCUT2D eigenvalue weighted by Crippen LogP contribution is -2.65. The van der Waals surface area contributed by atoms with E-state index in [1.54, 1.807) is 31.6 Å². The number of ether oxygens (including phenoxy) is 1. The highest BCUT2D eigenvalue weighted by Gasteiger charge is 2.54. The molecule has 1 fully saturated rings. The maximum absolute atomic E-state index is 15.7. The third-order valence-corrected chi connectivity index (χ3v) is 4.27. The van der Waals surface area contributed by atoms with Crippen LogP contribution in [0.4, 0.5) is 14.9 Å². The summed E-state index contributed by atoms with van der Waals surface area (Å²) in [6.07, 6.45) is 10.4. The normalized spacial score (nSPS) is 20.6. The van der Waals surface area contributed by atoms with E-state index < -0.39 is 23.4 Å². The van der Waals surface area contributed by atoms with Gasteiger partial charge in [0.25, 0.3) is 0 Å². The molecular formula is C18H25FN4O2. The Morgan fingerprint density at radius 2 is 2.12 bits per heavy atom. The number of anilines is 1. The molecule has 0 spiro atoms. The number of amides is 1. The van der Waals surface area contributed by atoms with E-state index in [4.69, 9.17) is 10.5 Å². The van der Waals surface area contributed by atoms with Crippen molar-refractivity contribution in [2.45, 2.75) is 50.9 Å². The number of aromatic nitrogens is 2. The minimum Gasteiger partial charge on any atom is -0.444 e. The van der Waals surface area contributed by atoms with Gasteiger partial charge in [-0.15, -0.1) is 0 Å². The van der Waals surface area contributed by atoms with Crippen LogP contribution < -0.4 is 5.73 Å². The van der Waals surface area contributed by atoms with Crippen molar-refractivity contribution in [1.82, 2.24) is 14.7 Å². The molecule has 2 aliphatic rings. The summed E-state index contributed by atoms with van der Waals surface area (Å²) in [5, 5.41) is 4.21. The number of hydrogen-bond donors (Lipinski definition) is 1. The second-order valence-electron chi connectivity index (χ2n) is 7.71. The highest BCUT2D eigenvalue weighted by molar-refractivity contribution is 5.70. The smallest absolute Gasteiger partial charge is 0.410 e. The number of likely N-dealkylation sites (tertiary alicyclic amines) is 1. The Kier molecular flexibility index (Phi) is 4.34. The average Bonchev–Trinajstić information content (AvgIpc) is 2.90. The van der Waals surface area contributed by atoms with Crippen LogP contribution >= 0.6 is 0 Å². The molecule has 2 N–H and O–H groups in total. The van der Waals surface area contributed by atoms with Gasteiger partial charge < -0.3 is 15.4 Å². The summed E-state index contributed by atoms with van der Waals surface area (Å²) in [6, 6.07) is -0.611. The van der Waals surface area contributed by atoms with Crippen LogP contribution in [0.5, 0.6) is 0 Å². The molecule has 3 rings (SSSR count). The van der Waals surface area contributed by atoms with E-state index in [2.05, 4.69) is 5.10 Å². The fourth-order valence-electron chi connectivity index (χ4n) is 3.24. The molecule has 1 aromatic heterocycles. The van der Waals surface area contributed by atoms with E-state index in [-0.39, 0.29) is 13.1 Å². The van der Waals surface area contributed by atoms with Crippen molar-refractivity contribution in [1.29, 1.82) is 0 Å². The van der Waals surface area contributed by atoms with Gasteiger partial charge in [0, 0.05) is 6.20 Å². The quantitative estimate of drug-likeness (QED) is 0.910. The van der Waals surface area contributed by atoms with E-state index in [0.717, 1.165) is 18.4 Å². The Bertz CT molecular complexity index is 711. The lowest BCUT2D eigenvalue weighted by molar-refractivity contribution is -0.0700. The van der Waals surface area contributed by atoms with Crippen molar-refractivity contribution in [3.8, 4) is 0 Å². The number of nitrogens with two attached hydrogens (primary N) is 1. The molecule has 1 aromatic rings.